The van der Waals surface area contributed by atoms with Crippen molar-refractivity contribution in [3.8, 4) is 11.1 Å². The van der Waals surface area contributed by atoms with Crippen LogP contribution in [0.25, 0.3) is 11.1 Å². The van der Waals surface area contributed by atoms with E-state index in [0.29, 0.717) is 0 Å². The lowest BCUT2D eigenvalue weighted by atomic mass is 10.0. The second kappa shape index (κ2) is 7.11. The molecule has 2 aromatic rings. The molecule has 1 aromatic carbocycles. The Hall–Kier alpha value is -2.96. The summed E-state index contributed by atoms with van der Waals surface area (Å²) in [7, 11) is 0. The van der Waals surface area contributed by atoms with E-state index in [1.54, 1.807) is 39.8 Å². The zero-order valence-corrected chi connectivity index (χ0v) is 15.0. The summed E-state index contributed by atoms with van der Waals surface area (Å²) in [5.41, 5.74) is -1.07. The van der Waals surface area contributed by atoms with Gasteiger partial charge in [0, 0.05) is 17.3 Å². The SMILES string of the molecule is Cc1ccc(F)c(-c2cc(C(=O)O)c(=O)n(CC(=O)OC(C)(C)C)c2)c1. The molecule has 0 atom stereocenters. The molecule has 0 unspecified atom stereocenters. The predicted octanol–water partition coefficient (Wildman–Crippen LogP) is 3.00. The first-order valence-electron chi connectivity index (χ1n) is 7.94. The molecule has 0 saturated carbocycles. The van der Waals surface area contributed by atoms with Crippen molar-refractivity contribution in [3.63, 3.8) is 0 Å². The first-order chi connectivity index (χ1) is 12.0. The molecule has 1 aromatic heterocycles. The number of aromatic carboxylic acids is 1. The van der Waals surface area contributed by atoms with E-state index < -0.39 is 41.0 Å². The lowest BCUT2D eigenvalue weighted by Crippen LogP contribution is -2.32. The van der Waals surface area contributed by atoms with Crippen LogP contribution in [0.15, 0.2) is 35.3 Å². The molecule has 2 rings (SSSR count). The molecule has 0 fully saturated rings. The monoisotopic (exact) mass is 361 g/mol. The number of ether oxygens (including phenoxy) is 1. The van der Waals surface area contributed by atoms with Gasteiger partial charge in [-0.15, -0.1) is 0 Å². The largest absolute Gasteiger partial charge is 0.477 e. The normalized spacial score (nSPS) is 11.3. The molecule has 0 bridgehead atoms. The average molecular weight is 361 g/mol. The van der Waals surface area contributed by atoms with Gasteiger partial charge in [0.05, 0.1) is 0 Å². The molecular formula is C19H20FNO5. The van der Waals surface area contributed by atoms with Crippen molar-refractivity contribution in [2.24, 2.45) is 0 Å². The first-order valence-corrected chi connectivity index (χ1v) is 7.94. The summed E-state index contributed by atoms with van der Waals surface area (Å²) in [5.74, 6) is -2.71. The van der Waals surface area contributed by atoms with Crippen molar-refractivity contribution >= 4 is 11.9 Å². The number of carboxylic acids is 1. The van der Waals surface area contributed by atoms with Crippen LogP contribution in [0.2, 0.25) is 0 Å². The van der Waals surface area contributed by atoms with Crippen molar-refractivity contribution in [2.75, 3.05) is 0 Å². The van der Waals surface area contributed by atoms with Crippen molar-refractivity contribution in [1.29, 1.82) is 0 Å². The summed E-state index contributed by atoms with van der Waals surface area (Å²) in [5, 5.41) is 9.28. The number of hydrogen-bond donors (Lipinski definition) is 1. The fourth-order valence-corrected chi connectivity index (χ4v) is 2.43. The lowest BCUT2D eigenvalue weighted by molar-refractivity contribution is -0.155. The van der Waals surface area contributed by atoms with Crippen LogP contribution in [0, 0.1) is 12.7 Å². The van der Waals surface area contributed by atoms with Gasteiger partial charge in [0.2, 0.25) is 0 Å². The highest BCUT2D eigenvalue weighted by atomic mass is 19.1. The molecule has 0 radical (unpaired) electrons. The quantitative estimate of drug-likeness (QED) is 0.846. The van der Waals surface area contributed by atoms with Gasteiger partial charge < -0.3 is 14.4 Å². The molecule has 7 heteroatoms. The van der Waals surface area contributed by atoms with Crippen LogP contribution < -0.4 is 5.56 Å². The van der Waals surface area contributed by atoms with E-state index in [9.17, 15) is 23.9 Å². The van der Waals surface area contributed by atoms with Gasteiger partial charge in [-0.2, -0.15) is 0 Å². The highest BCUT2D eigenvalue weighted by molar-refractivity contribution is 5.89. The Morgan fingerprint density at radius 1 is 1.23 bits per heavy atom. The van der Waals surface area contributed by atoms with Crippen molar-refractivity contribution < 1.29 is 23.8 Å². The molecule has 1 N–H and O–H groups in total. The minimum atomic E-state index is -1.46. The number of hydrogen-bond acceptors (Lipinski definition) is 4. The first kappa shape index (κ1) is 19.4. The van der Waals surface area contributed by atoms with Crippen LogP contribution in [0.4, 0.5) is 4.39 Å². The molecule has 1 heterocycles. The highest BCUT2D eigenvalue weighted by Gasteiger charge is 2.20. The minimum Gasteiger partial charge on any atom is -0.477 e. The van der Waals surface area contributed by atoms with Gasteiger partial charge in [-0.05, 0) is 45.9 Å². The van der Waals surface area contributed by atoms with Gasteiger partial charge in [0.1, 0.15) is 23.5 Å². The van der Waals surface area contributed by atoms with Crippen LogP contribution in [0.1, 0.15) is 36.7 Å². The minimum absolute atomic E-state index is 0.144. The summed E-state index contributed by atoms with van der Waals surface area (Å²) in [6.45, 7) is 6.31. The third-order valence-electron chi connectivity index (χ3n) is 3.47. The standard InChI is InChI=1S/C19H20FNO5/c1-11-5-6-15(20)13(7-11)12-8-14(18(24)25)17(23)21(9-12)10-16(22)26-19(2,3)4/h5-9H,10H2,1-4H3,(H,24,25). The smallest absolute Gasteiger partial charge is 0.341 e. The number of esters is 1. The van der Waals surface area contributed by atoms with E-state index in [-0.39, 0.29) is 11.1 Å². The van der Waals surface area contributed by atoms with Crippen LogP contribution in [-0.2, 0) is 16.1 Å². The summed E-state index contributed by atoms with van der Waals surface area (Å²) in [4.78, 5) is 35.8. The zero-order valence-electron chi connectivity index (χ0n) is 15.0. The Balaban J connectivity index is 2.57. The summed E-state index contributed by atoms with van der Waals surface area (Å²) in [6, 6.07) is 5.48. The zero-order chi connectivity index (χ0) is 19.6. The number of nitrogens with zero attached hydrogens (tertiary/aromatic N) is 1. The third kappa shape index (κ3) is 4.56. The van der Waals surface area contributed by atoms with Gasteiger partial charge >= 0.3 is 11.9 Å². The number of aromatic nitrogens is 1. The maximum atomic E-state index is 14.2. The topological polar surface area (TPSA) is 85.6 Å². The van der Waals surface area contributed by atoms with Gasteiger partial charge in [0.25, 0.3) is 5.56 Å². The van der Waals surface area contributed by atoms with Crippen LogP contribution in [0.3, 0.4) is 0 Å². The third-order valence-corrected chi connectivity index (χ3v) is 3.47. The van der Waals surface area contributed by atoms with E-state index in [1.807, 2.05) is 0 Å². The van der Waals surface area contributed by atoms with E-state index in [2.05, 4.69) is 0 Å². The van der Waals surface area contributed by atoms with Crippen molar-refractivity contribution in [1.82, 2.24) is 4.57 Å². The highest BCUT2D eigenvalue weighted by Crippen LogP contribution is 2.24. The van der Waals surface area contributed by atoms with Crippen LogP contribution in [0.5, 0.6) is 0 Å². The fourth-order valence-electron chi connectivity index (χ4n) is 2.43. The molecule has 0 aliphatic rings. The number of carbonyl (C=O) groups is 2. The molecule has 26 heavy (non-hydrogen) atoms. The van der Waals surface area contributed by atoms with Crippen molar-refractivity contribution in [3.05, 3.63) is 57.8 Å². The van der Waals surface area contributed by atoms with Gasteiger partial charge in [-0.25, -0.2) is 9.18 Å². The Morgan fingerprint density at radius 2 is 1.88 bits per heavy atom. The Labute approximate surface area is 149 Å². The predicted molar refractivity (Wildman–Crippen MR) is 93.6 cm³/mol. The maximum absolute atomic E-state index is 14.2. The molecular weight excluding hydrogens is 341 g/mol. The number of rotatable bonds is 4. The van der Waals surface area contributed by atoms with Gasteiger partial charge in [0.15, 0.2) is 0 Å². The molecule has 0 aliphatic heterocycles. The second-order valence-electron chi connectivity index (χ2n) is 6.95. The number of carboxylic acid groups (broad SMARTS) is 1. The van der Waals surface area contributed by atoms with Gasteiger partial charge in [-0.3, -0.25) is 9.59 Å². The molecule has 0 saturated heterocycles. The fraction of sp³-hybridized carbons (Fsp3) is 0.316. The summed E-state index contributed by atoms with van der Waals surface area (Å²) < 4.78 is 20.3. The number of benzene rings is 1. The van der Waals surface area contributed by atoms with Crippen LogP contribution in [-0.4, -0.2) is 27.2 Å². The van der Waals surface area contributed by atoms with E-state index >= 15 is 0 Å². The van der Waals surface area contributed by atoms with Crippen molar-refractivity contribution in [2.45, 2.75) is 39.8 Å². The Bertz CT molecular complexity index is 925. The molecule has 0 spiro atoms. The number of carbonyl (C=O) groups excluding carboxylic acids is 1. The molecule has 0 amide bonds. The molecule has 138 valence electrons. The number of halogens is 1. The Kier molecular flexibility index (Phi) is 5.30. The number of pyridine rings is 1. The maximum Gasteiger partial charge on any atom is 0.341 e. The lowest BCUT2D eigenvalue weighted by Gasteiger charge is -2.20. The number of aryl methyl sites for hydroxylation is 1. The molecule has 0 aliphatic carbocycles. The summed E-state index contributed by atoms with van der Waals surface area (Å²) >= 11 is 0. The van der Waals surface area contributed by atoms with E-state index in [0.717, 1.165) is 16.2 Å². The van der Waals surface area contributed by atoms with E-state index in [4.69, 9.17) is 4.74 Å². The van der Waals surface area contributed by atoms with E-state index in [1.165, 1.54) is 12.3 Å². The summed E-state index contributed by atoms with van der Waals surface area (Å²) in [6.07, 6.45) is 1.26. The van der Waals surface area contributed by atoms with Gasteiger partial charge in [-0.1, -0.05) is 11.6 Å². The molecule has 6 nitrogen and oxygen atoms in total. The second-order valence-corrected chi connectivity index (χ2v) is 6.95. The average Bonchev–Trinajstić information content (AvgIpc) is 2.49. The van der Waals surface area contributed by atoms with Crippen LogP contribution >= 0.6 is 0 Å². The Morgan fingerprint density at radius 3 is 2.46 bits per heavy atom.